The molecule has 0 radical (unpaired) electrons. The number of aliphatic hydroxyl groups excluding tert-OH is 1. The molecule has 128 valence electrons. The highest BCUT2D eigenvalue weighted by Gasteiger charge is 2.20. The van der Waals surface area contributed by atoms with Crippen molar-refractivity contribution in [2.75, 3.05) is 7.05 Å². The smallest absolute Gasteiger partial charge is 0.253 e. The minimum absolute atomic E-state index is 0.118. The van der Waals surface area contributed by atoms with E-state index < -0.39 is 28.1 Å². The van der Waals surface area contributed by atoms with Gasteiger partial charge in [-0.2, -0.15) is 0 Å². The Labute approximate surface area is 141 Å². The summed E-state index contributed by atoms with van der Waals surface area (Å²) in [4.78, 5) is 12.3. The van der Waals surface area contributed by atoms with Crippen LogP contribution in [-0.4, -0.2) is 26.5 Å². The molecule has 0 fully saturated rings. The second-order valence-electron chi connectivity index (χ2n) is 5.32. The molecule has 2 atom stereocenters. The van der Waals surface area contributed by atoms with Crippen molar-refractivity contribution in [1.29, 1.82) is 0 Å². The first-order valence-electron chi connectivity index (χ1n) is 7.42. The topological polar surface area (TPSA) is 95.5 Å². The molecule has 0 aliphatic carbocycles. The molecular formula is C17H20N2O4S. The molecule has 6 nitrogen and oxygen atoms in total. The van der Waals surface area contributed by atoms with Crippen LogP contribution in [0.5, 0.6) is 0 Å². The molecule has 3 N–H and O–H groups in total. The molecule has 0 saturated carbocycles. The second kappa shape index (κ2) is 7.57. The number of aliphatic hydroxyl groups is 1. The third-order valence-electron chi connectivity index (χ3n) is 3.66. The summed E-state index contributed by atoms with van der Waals surface area (Å²) >= 11 is 0. The lowest BCUT2D eigenvalue weighted by Crippen LogP contribution is -2.31. The first-order chi connectivity index (χ1) is 11.3. The van der Waals surface area contributed by atoms with Crippen molar-refractivity contribution in [3.8, 4) is 0 Å². The van der Waals surface area contributed by atoms with Gasteiger partial charge in [0, 0.05) is 0 Å². The van der Waals surface area contributed by atoms with Crippen LogP contribution in [0, 0.1) is 0 Å². The summed E-state index contributed by atoms with van der Waals surface area (Å²) in [6.45, 7) is 1.72. The molecule has 0 saturated heterocycles. The highest BCUT2D eigenvalue weighted by Crippen LogP contribution is 2.19. The molecule has 2 aromatic rings. The standard InChI is InChI=1S/C17H20N2O4S/c1-12(14-9-6-10-15(11-14)24(22,23)18-2)19-17(21)16(20)13-7-4-3-5-8-13/h3-12,16,18,20H,1-2H3,(H,19,21)/t12?,16-/m1/s1. The van der Waals surface area contributed by atoms with Gasteiger partial charge >= 0.3 is 0 Å². The molecule has 0 aliphatic heterocycles. The van der Waals surface area contributed by atoms with E-state index in [-0.39, 0.29) is 4.90 Å². The van der Waals surface area contributed by atoms with Crippen LogP contribution in [0.15, 0.2) is 59.5 Å². The van der Waals surface area contributed by atoms with E-state index in [1.807, 2.05) is 0 Å². The highest BCUT2D eigenvalue weighted by molar-refractivity contribution is 7.89. The number of hydrogen-bond acceptors (Lipinski definition) is 4. The van der Waals surface area contributed by atoms with E-state index in [4.69, 9.17) is 0 Å². The van der Waals surface area contributed by atoms with E-state index in [1.165, 1.54) is 19.2 Å². The maximum absolute atomic E-state index is 12.2. The summed E-state index contributed by atoms with van der Waals surface area (Å²) in [6, 6.07) is 14.4. The molecule has 0 aliphatic rings. The largest absolute Gasteiger partial charge is 0.378 e. The summed E-state index contributed by atoms with van der Waals surface area (Å²) in [7, 11) is -2.22. The van der Waals surface area contributed by atoms with Gasteiger partial charge in [-0.05, 0) is 37.2 Å². The zero-order valence-corrected chi connectivity index (χ0v) is 14.2. The Kier molecular flexibility index (Phi) is 5.71. The molecule has 1 unspecified atom stereocenters. The van der Waals surface area contributed by atoms with Crippen LogP contribution < -0.4 is 10.0 Å². The Morgan fingerprint density at radius 2 is 1.67 bits per heavy atom. The normalized spacial score (nSPS) is 14.0. The van der Waals surface area contributed by atoms with Crippen LogP contribution in [0.2, 0.25) is 0 Å². The molecule has 0 aromatic heterocycles. The van der Waals surface area contributed by atoms with Gasteiger partial charge in [-0.25, -0.2) is 13.1 Å². The predicted molar refractivity (Wildman–Crippen MR) is 90.6 cm³/mol. The third kappa shape index (κ3) is 4.19. The lowest BCUT2D eigenvalue weighted by molar-refractivity contribution is -0.130. The minimum atomic E-state index is -3.55. The summed E-state index contributed by atoms with van der Waals surface area (Å²) in [5.74, 6) is -0.546. The zero-order valence-electron chi connectivity index (χ0n) is 13.4. The van der Waals surface area contributed by atoms with Crippen molar-refractivity contribution in [2.45, 2.75) is 24.0 Å². The Hall–Kier alpha value is -2.22. The van der Waals surface area contributed by atoms with Gasteiger partial charge < -0.3 is 10.4 Å². The monoisotopic (exact) mass is 348 g/mol. The minimum Gasteiger partial charge on any atom is -0.378 e. The fraction of sp³-hybridized carbons (Fsp3) is 0.235. The number of amides is 1. The van der Waals surface area contributed by atoms with Crippen molar-refractivity contribution in [3.63, 3.8) is 0 Å². The number of carbonyl (C=O) groups excluding carboxylic acids is 1. The van der Waals surface area contributed by atoms with Crippen molar-refractivity contribution < 1.29 is 18.3 Å². The van der Waals surface area contributed by atoms with Gasteiger partial charge in [-0.3, -0.25) is 4.79 Å². The molecule has 0 bridgehead atoms. The van der Waals surface area contributed by atoms with Gasteiger partial charge in [0.25, 0.3) is 5.91 Å². The van der Waals surface area contributed by atoms with E-state index in [2.05, 4.69) is 10.0 Å². The average Bonchev–Trinajstić information content (AvgIpc) is 2.61. The fourth-order valence-corrected chi connectivity index (χ4v) is 3.02. The first kappa shape index (κ1) is 18.1. The molecular weight excluding hydrogens is 328 g/mol. The van der Waals surface area contributed by atoms with Crippen molar-refractivity contribution in [2.24, 2.45) is 0 Å². The molecule has 2 aromatic carbocycles. The predicted octanol–water partition coefficient (Wildman–Crippen LogP) is 1.51. The number of rotatable bonds is 6. The molecule has 24 heavy (non-hydrogen) atoms. The van der Waals surface area contributed by atoms with Gasteiger partial charge in [0.05, 0.1) is 10.9 Å². The third-order valence-corrected chi connectivity index (χ3v) is 5.07. The van der Waals surface area contributed by atoms with Crippen LogP contribution in [0.3, 0.4) is 0 Å². The van der Waals surface area contributed by atoms with Crippen LogP contribution >= 0.6 is 0 Å². The van der Waals surface area contributed by atoms with Crippen LogP contribution in [0.1, 0.15) is 30.2 Å². The Bertz CT molecular complexity index is 806. The molecule has 7 heteroatoms. The zero-order chi connectivity index (χ0) is 17.7. The Morgan fingerprint density at radius 3 is 2.29 bits per heavy atom. The van der Waals surface area contributed by atoms with Crippen LogP contribution in [0.25, 0.3) is 0 Å². The maximum Gasteiger partial charge on any atom is 0.253 e. The Morgan fingerprint density at radius 1 is 1.04 bits per heavy atom. The van der Waals surface area contributed by atoms with Gasteiger partial charge in [0.15, 0.2) is 6.10 Å². The number of nitrogens with one attached hydrogen (secondary N) is 2. The van der Waals surface area contributed by atoms with Gasteiger partial charge in [-0.1, -0.05) is 42.5 Å². The summed E-state index contributed by atoms with van der Waals surface area (Å²) < 4.78 is 26.0. The number of carbonyl (C=O) groups is 1. The van der Waals surface area contributed by atoms with E-state index in [0.29, 0.717) is 11.1 Å². The summed E-state index contributed by atoms with van der Waals surface area (Å²) in [5, 5.41) is 12.8. The van der Waals surface area contributed by atoms with Gasteiger partial charge in [0.1, 0.15) is 0 Å². The van der Waals surface area contributed by atoms with Crippen molar-refractivity contribution in [1.82, 2.24) is 10.0 Å². The molecule has 0 heterocycles. The van der Waals surface area contributed by atoms with E-state index in [0.717, 1.165) is 0 Å². The SMILES string of the molecule is CNS(=O)(=O)c1cccc(C(C)NC(=O)[C@H](O)c2ccccc2)c1. The quantitative estimate of drug-likeness (QED) is 0.737. The summed E-state index contributed by atoms with van der Waals surface area (Å²) in [6.07, 6.45) is -1.28. The fourth-order valence-electron chi connectivity index (χ4n) is 2.23. The average molecular weight is 348 g/mol. The van der Waals surface area contributed by atoms with E-state index in [1.54, 1.807) is 49.4 Å². The maximum atomic E-state index is 12.2. The highest BCUT2D eigenvalue weighted by atomic mass is 32.2. The van der Waals surface area contributed by atoms with Crippen LogP contribution in [-0.2, 0) is 14.8 Å². The lowest BCUT2D eigenvalue weighted by atomic mass is 10.1. The lowest BCUT2D eigenvalue weighted by Gasteiger charge is -2.18. The van der Waals surface area contributed by atoms with Crippen molar-refractivity contribution in [3.05, 3.63) is 65.7 Å². The second-order valence-corrected chi connectivity index (χ2v) is 7.21. The Balaban J connectivity index is 2.14. The molecule has 0 spiro atoms. The van der Waals surface area contributed by atoms with E-state index in [9.17, 15) is 18.3 Å². The molecule has 2 rings (SSSR count). The van der Waals surface area contributed by atoms with Gasteiger partial charge in [0.2, 0.25) is 10.0 Å². The summed E-state index contributed by atoms with van der Waals surface area (Å²) in [5.41, 5.74) is 1.12. The number of hydrogen-bond donors (Lipinski definition) is 3. The van der Waals surface area contributed by atoms with Gasteiger partial charge in [-0.15, -0.1) is 0 Å². The van der Waals surface area contributed by atoms with E-state index >= 15 is 0 Å². The van der Waals surface area contributed by atoms with Crippen LogP contribution in [0.4, 0.5) is 0 Å². The first-order valence-corrected chi connectivity index (χ1v) is 8.90. The number of sulfonamides is 1. The molecule has 1 amide bonds. The van der Waals surface area contributed by atoms with Crippen molar-refractivity contribution >= 4 is 15.9 Å². The number of benzene rings is 2.